The molecule has 1 amide bonds. The second kappa shape index (κ2) is 6.51. The molecule has 1 N–H and O–H groups in total. The molecule has 0 saturated carbocycles. The third-order valence-corrected chi connectivity index (χ3v) is 3.63. The molecule has 0 aromatic heterocycles. The Hall–Kier alpha value is -2.18. The van der Waals surface area contributed by atoms with Crippen molar-refractivity contribution in [2.24, 2.45) is 5.92 Å². The van der Waals surface area contributed by atoms with Crippen molar-refractivity contribution < 1.29 is 14.1 Å². The van der Waals surface area contributed by atoms with Gasteiger partial charge in [-0.3, -0.25) is 14.9 Å². The molecule has 21 heavy (non-hydrogen) atoms. The fraction of sp³-hybridized carbons (Fsp3) is 0.500. The van der Waals surface area contributed by atoms with Gasteiger partial charge in [0, 0.05) is 38.7 Å². The molecule has 1 atom stereocenters. The smallest absolute Gasteiger partial charge is 0.292 e. The molecule has 1 aromatic rings. The van der Waals surface area contributed by atoms with Crippen LogP contribution in [0.5, 0.6) is 0 Å². The Morgan fingerprint density at radius 2 is 2.33 bits per heavy atom. The standard InChI is InChI=1S/C14H18FN3O3/c1-10(19)16-8-11-3-2-6-17(9-11)14-7-12(15)4-5-13(14)18(20)21/h4-5,7,11H,2-3,6,8-9H2,1H3,(H,16,19). The molecule has 0 bridgehead atoms. The van der Waals surface area contributed by atoms with Crippen molar-refractivity contribution in [3.8, 4) is 0 Å². The molecule has 114 valence electrons. The summed E-state index contributed by atoms with van der Waals surface area (Å²) in [6, 6.07) is 3.50. The maximum atomic E-state index is 13.4. The number of nitro benzene ring substituents is 1. The predicted octanol–water partition coefficient (Wildman–Crippen LogP) is 2.09. The van der Waals surface area contributed by atoms with E-state index in [-0.39, 0.29) is 17.5 Å². The van der Waals surface area contributed by atoms with Gasteiger partial charge in [0.1, 0.15) is 11.5 Å². The van der Waals surface area contributed by atoms with Crippen LogP contribution >= 0.6 is 0 Å². The first-order chi connectivity index (χ1) is 9.97. The van der Waals surface area contributed by atoms with E-state index in [9.17, 15) is 19.3 Å². The molecule has 0 spiro atoms. The molecule has 1 fully saturated rings. The van der Waals surface area contributed by atoms with Crippen LogP contribution in [-0.2, 0) is 4.79 Å². The summed E-state index contributed by atoms with van der Waals surface area (Å²) in [5.74, 6) is -0.367. The molecule has 1 aliphatic rings. The van der Waals surface area contributed by atoms with E-state index in [1.165, 1.54) is 19.1 Å². The number of nitro groups is 1. The highest BCUT2D eigenvalue weighted by Crippen LogP contribution is 2.32. The van der Waals surface area contributed by atoms with Gasteiger partial charge in [-0.1, -0.05) is 0 Å². The molecular weight excluding hydrogens is 277 g/mol. The number of hydrogen-bond donors (Lipinski definition) is 1. The van der Waals surface area contributed by atoms with Gasteiger partial charge in [0.15, 0.2) is 0 Å². The summed E-state index contributed by atoms with van der Waals surface area (Å²) < 4.78 is 13.4. The number of piperidine rings is 1. The van der Waals surface area contributed by atoms with Gasteiger partial charge in [0.25, 0.3) is 5.69 Å². The van der Waals surface area contributed by atoms with E-state index in [1.54, 1.807) is 0 Å². The molecule has 1 aliphatic heterocycles. The SMILES string of the molecule is CC(=O)NCC1CCCN(c2cc(F)ccc2[N+](=O)[O-])C1. The molecule has 1 aromatic carbocycles. The Balaban J connectivity index is 2.15. The fourth-order valence-electron chi connectivity index (χ4n) is 2.64. The quantitative estimate of drug-likeness (QED) is 0.681. The minimum absolute atomic E-state index is 0.0865. The number of benzene rings is 1. The Morgan fingerprint density at radius 1 is 1.57 bits per heavy atom. The van der Waals surface area contributed by atoms with E-state index in [1.807, 2.05) is 4.90 Å². The molecule has 1 heterocycles. The maximum absolute atomic E-state index is 13.4. The van der Waals surface area contributed by atoms with Crippen LogP contribution in [0.25, 0.3) is 0 Å². The zero-order valence-corrected chi connectivity index (χ0v) is 11.8. The summed E-state index contributed by atoms with van der Waals surface area (Å²) in [6.07, 6.45) is 1.80. The summed E-state index contributed by atoms with van der Waals surface area (Å²) in [4.78, 5) is 23.4. The van der Waals surface area contributed by atoms with Crippen molar-refractivity contribution in [1.29, 1.82) is 0 Å². The predicted molar refractivity (Wildman–Crippen MR) is 76.7 cm³/mol. The van der Waals surface area contributed by atoms with Crippen LogP contribution in [0.1, 0.15) is 19.8 Å². The topological polar surface area (TPSA) is 75.5 Å². The van der Waals surface area contributed by atoms with Crippen LogP contribution in [0.15, 0.2) is 18.2 Å². The number of carbonyl (C=O) groups excluding carboxylic acids is 1. The van der Waals surface area contributed by atoms with Gasteiger partial charge < -0.3 is 10.2 Å². The van der Waals surface area contributed by atoms with Crippen molar-refractivity contribution in [1.82, 2.24) is 5.32 Å². The Bertz CT molecular complexity index is 550. The van der Waals surface area contributed by atoms with Crippen LogP contribution in [0.2, 0.25) is 0 Å². The van der Waals surface area contributed by atoms with Gasteiger partial charge in [-0.15, -0.1) is 0 Å². The van der Waals surface area contributed by atoms with Crippen LogP contribution in [0.3, 0.4) is 0 Å². The third kappa shape index (κ3) is 3.90. The highest BCUT2D eigenvalue weighted by Gasteiger charge is 2.26. The highest BCUT2D eigenvalue weighted by atomic mass is 19.1. The zero-order valence-electron chi connectivity index (χ0n) is 11.8. The Labute approximate surface area is 122 Å². The summed E-state index contributed by atoms with van der Waals surface area (Å²) in [6.45, 7) is 3.22. The second-order valence-corrected chi connectivity index (χ2v) is 5.28. The number of nitrogens with zero attached hydrogens (tertiary/aromatic N) is 2. The van der Waals surface area contributed by atoms with Gasteiger partial charge in [-0.2, -0.15) is 0 Å². The third-order valence-electron chi connectivity index (χ3n) is 3.63. The van der Waals surface area contributed by atoms with E-state index >= 15 is 0 Å². The zero-order chi connectivity index (χ0) is 15.4. The van der Waals surface area contributed by atoms with Crippen molar-refractivity contribution in [2.75, 3.05) is 24.5 Å². The van der Waals surface area contributed by atoms with Gasteiger partial charge in [-0.05, 0) is 24.8 Å². The molecule has 0 radical (unpaired) electrons. The minimum Gasteiger partial charge on any atom is -0.366 e. The lowest BCUT2D eigenvalue weighted by Gasteiger charge is -2.34. The highest BCUT2D eigenvalue weighted by molar-refractivity contribution is 5.72. The monoisotopic (exact) mass is 295 g/mol. The molecule has 1 saturated heterocycles. The average molecular weight is 295 g/mol. The summed E-state index contributed by atoms with van der Waals surface area (Å²) in [5, 5.41) is 13.8. The minimum atomic E-state index is -0.494. The Morgan fingerprint density at radius 3 is 3.00 bits per heavy atom. The summed E-state index contributed by atoms with van der Waals surface area (Å²) in [7, 11) is 0. The first kappa shape index (κ1) is 15.2. The van der Waals surface area contributed by atoms with E-state index < -0.39 is 10.7 Å². The lowest BCUT2D eigenvalue weighted by molar-refractivity contribution is -0.384. The van der Waals surface area contributed by atoms with E-state index in [0.717, 1.165) is 18.9 Å². The van der Waals surface area contributed by atoms with Crippen LogP contribution in [0, 0.1) is 21.8 Å². The number of rotatable bonds is 4. The van der Waals surface area contributed by atoms with Crippen molar-refractivity contribution >= 4 is 17.3 Å². The fourth-order valence-corrected chi connectivity index (χ4v) is 2.64. The lowest BCUT2D eigenvalue weighted by atomic mass is 9.97. The van der Waals surface area contributed by atoms with Gasteiger partial charge in [0.05, 0.1) is 4.92 Å². The first-order valence-electron chi connectivity index (χ1n) is 6.90. The maximum Gasteiger partial charge on any atom is 0.292 e. The van der Waals surface area contributed by atoms with Crippen molar-refractivity contribution in [3.05, 3.63) is 34.1 Å². The van der Waals surface area contributed by atoms with E-state index in [2.05, 4.69) is 5.32 Å². The number of halogens is 1. The molecule has 7 heteroatoms. The number of amides is 1. The van der Waals surface area contributed by atoms with Gasteiger partial charge in [-0.25, -0.2) is 4.39 Å². The lowest BCUT2D eigenvalue weighted by Crippen LogP contribution is -2.40. The van der Waals surface area contributed by atoms with E-state index in [0.29, 0.717) is 25.3 Å². The first-order valence-corrected chi connectivity index (χ1v) is 6.90. The van der Waals surface area contributed by atoms with Crippen LogP contribution in [0.4, 0.5) is 15.8 Å². The summed E-state index contributed by atoms with van der Waals surface area (Å²) >= 11 is 0. The van der Waals surface area contributed by atoms with E-state index in [4.69, 9.17) is 0 Å². The second-order valence-electron chi connectivity index (χ2n) is 5.28. The average Bonchev–Trinajstić information content (AvgIpc) is 2.45. The van der Waals surface area contributed by atoms with Crippen LogP contribution in [-0.4, -0.2) is 30.5 Å². The molecule has 1 unspecified atom stereocenters. The molecule has 2 rings (SSSR count). The number of anilines is 1. The van der Waals surface area contributed by atoms with Crippen molar-refractivity contribution in [3.63, 3.8) is 0 Å². The summed E-state index contributed by atoms with van der Waals surface area (Å²) in [5.41, 5.74) is 0.226. The van der Waals surface area contributed by atoms with Gasteiger partial charge >= 0.3 is 0 Å². The largest absolute Gasteiger partial charge is 0.366 e. The number of carbonyl (C=O) groups is 1. The number of nitrogens with one attached hydrogen (secondary N) is 1. The van der Waals surface area contributed by atoms with Crippen molar-refractivity contribution in [2.45, 2.75) is 19.8 Å². The molecular formula is C14H18FN3O3. The number of hydrogen-bond acceptors (Lipinski definition) is 4. The van der Waals surface area contributed by atoms with Crippen LogP contribution < -0.4 is 10.2 Å². The molecule has 0 aliphatic carbocycles. The normalized spacial score (nSPS) is 18.4. The molecule has 6 nitrogen and oxygen atoms in total. The Kier molecular flexibility index (Phi) is 4.72. The van der Waals surface area contributed by atoms with Gasteiger partial charge in [0.2, 0.25) is 5.91 Å².